The van der Waals surface area contributed by atoms with Crippen LogP contribution in [0.25, 0.3) is 5.76 Å². The van der Waals surface area contributed by atoms with E-state index >= 15 is 0 Å². The summed E-state index contributed by atoms with van der Waals surface area (Å²) in [5, 5.41) is 11.7. The maximum absolute atomic E-state index is 13.7. The Morgan fingerprint density at radius 2 is 1.57 bits per heavy atom. The molecule has 236 valence electrons. The van der Waals surface area contributed by atoms with Crippen LogP contribution in [-0.2, 0) is 20.9 Å². The highest BCUT2D eigenvalue weighted by molar-refractivity contribution is 6.46. The summed E-state index contributed by atoms with van der Waals surface area (Å²) in [6.07, 6.45) is 0.677. The third-order valence-corrected chi connectivity index (χ3v) is 8.36. The molecule has 2 aliphatic rings. The number of amides is 1. The second-order valence-electron chi connectivity index (χ2n) is 11.5. The molecule has 2 heterocycles. The summed E-state index contributed by atoms with van der Waals surface area (Å²) in [5.41, 5.74) is 3.03. The molecule has 0 radical (unpaired) electrons. The van der Waals surface area contributed by atoms with Gasteiger partial charge in [0.05, 0.1) is 24.8 Å². The number of nitrogens with zero attached hydrogens (tertiary/aromatic N) is 2. The van der Waals surface area contributed by atoms with Gasteiger partial charge in [0.15, 0.2) is 0 Å². The van der Waals surface area contributed by atoms with Crippen molar-refractivity contribution in [3.8, 4) is 17.2 Å². The second kappa shape index (κ2) is 14.5. The van der Waals surface area contributed by atoms with Gasteiger partial charge in [0.2, 0.25) is 0 Å². The fourth-order valence-electron chi connectivity index (χ4n) is 5.97. The van der Waals surface area contributed by atoms with E-state index < -0.39 is 17.7 Å². The number of benzene rings is 4. The van der Waals surface area contributed by atoms with E-state index in [0.29, 0.717) is 61.2 Å². The van der Waals surface area contributed by atoms with Gasteiger partial charge in [0.1, 0.15) is 29.6 Å². The van der Waals surface area contributed by atoms with Crippen LogP contribution in [0, 0.1) is 6.92 Å². The van der Waals surface area contributed by atoms with Crippen molar-refractivity contribution in [3.05, 3.63) is 131 Å². The first-order chi connectivity index (χ1) is 22.5. The molecule has 0 spiro atoms. The van der Waals surface area contributed by atoms with Gasteiger partial charge in [-0.2, -0.15) is 0 Å². The van der Waals surface area contributed by atoms with E-state index in [-0.39, 0.29) is 11.3 Å². The predicted molar refractivity (Wildman–Crippen MR) is 176 cm³/mol. The summed E-state index contributed by atoms with van der Waals surface area (Å²) in [4.78, 5) is 31.1. The number of carbonyl (C=O) groups excluding carboxylic acids is 2. The SMILES string of the molecule is Cc1cc(/C(O)=C2\C(=O)C(=O)N(CCCN3CCOCC3)[C@@H]2c2cccc(Oc3ccccc3)c2)ccc1OCc1ccccc1. The molecule has 6 rings (SSSR count). The van der Waals surface area contributed by atoms with Crippen LogP contribution < -0.4 is 9.47 Å². The normalized spacial score (nSPS) is 18.1. The molecule has 2 fully saturated rings. The van der Waals surface area contributed by atoms with Gasteiger partial charge < -0.3 is 24.2 Å². The zero-order valence-corrected chi connectivity index (χ0v) is 25.9. The van der Waals surface area contributed by atoms with Crippen molar-refractivity contribution in [3.63, 3.8) is 0 Å². The van der Waals surface area contributed by atoms with Crippen LogP contribution in [-0.4, -0.2) is 66.0 Å². The molecule has 8 nitrogen and oxygen atoms in total. The Bertz CT molecular complexity index is 1700. The maximum atomic E-state index is 13.7. The minimum absolute atomic E-state index is 0.0607. The highest BCUT2D eigenvalue weighted by Gasteiger charge is 2.46. The van der Waals surface area contributed by atoms with Crippen LogP contribution in [0.5, 0.6) is 17.2 Å². The number of aliphatic hydroxyl groups is 1. The molecule has 0 aromatic heterocycles. The Kier molecular flexibility index (Phi) is 9.76. The Balaban J connectivity index is 1.31. The van der Waals surface area contributed by atoms with Crippen molar-refractivity contribution >= 4 is 17.4 Å². The van der Waals surface area contributed by atoms with Crippen molar-refractivity contribution in [2.45, 2.75) is 26.0 Å². The standard InChI is InChI=1S/C38H38N2O6/c1-27-24-30(16-17-33(27)45-26-28-10-4-2-5-11-28)36(41)34-35(29-12-8-15-32(25-29)46-31-13-6-3-7-14-31)40(38(43)37(34)42)19-9-18-39-20-22-44-23-21-39/h2-8,10-17,24-25,35,41H,9,18-23,26H2,1H3/b36-34+/t35-/m1/s1. The summed E-state index contributed by atoms with van der Waals surface area (Å²) in [5.74, 6) is 0.368. The van der Waals surface area contributed by atoms with Gasteiger partial charge in [-0.3, -0.25) is 14.5 Å². The van der Waals surface area contributed by atoms with Gasteiger partial charge in [-0.1, -0.05) is 60.7 Å². The van der Waals surface area contributed by atoms with Crippen LogP contribution in [0.3, 0.4) is 0 Å². The average Bonchev–Trinajstić information content (AvgIpc) is 3.34. The van der Waals surface area contributed by atoms with E-state index in [0.717, 1.165) is 30.8 Å². The monoisotopic (exact) mass is 618 g/mol. The largest absolute Gasteiger partial charge is 0.507 e. The first kappa shape index (κ1) is 31.1. The molecule has 1 amide bonds. The van der Waals surface area contributed by atoms with Crippen molar-refractivity contribution in [1.82, 2.24) is 9.80 Å². The average molecular weight is 619 g/mol. The number of para-hydroxylation sites is 1. The number of ketones is 1. The van der Waals surface area contributed by atoms with Crippen molar-refractivity contribution < 1.29 is 28.9 Å². The minimum atomic E-state index is -0.779. The smallest absolute Gasteiger partial charge is 0.295 e. The van der Waals surface area contributed by atoms with Gasteiger partial charge in [-0.15, -0.1) is 0 Å². The Morgan fingerprint density at radius 3 is 2.30 bits per heavy atom. The number of ether oxygens (including phenoxy) is 3. The molecular formula is C38H38N2O6. The number of aliphatic hydroxyl groups excluding tert-OH is 1. The quantitative estimate of drug-likeness (QED) is 0.116. The zero-order valence-electron chi connectivity index (χ0n) is 25.9. The van der Waals surface area contributed by atoms with Crippen molar-refractivity contribution in [2.75, 3.05) is 39.4 Å². The molecule has 0 bridgehead atoms. The molecule has 0 unspecified atom stereocenters. The molecule has 4 aromatic carbocycles. The first-order valence-corrected chi connectivity index (χ1v) is 15.7. The number of morpholine rings is 1. The maximum Gasteiger partial charge on any atom is 0.295 e. The first-order valence-electron chi connectivity index (χ1n) is 15.7. The summed E-state index contributed by atoms with van der Waals surface area (Å²) in [7, 11) is 0. The lowest BCUT2D eigenvalue weighted by molar-refractivity contribution is -0.140. The molecule has 0 aliphatic carbocycles. The zero-order chi connectivity index (χ0) is 31.9. The molecule has 2 aliphatic heterocycles. The fourth-order valence-corrected chi connectivity index (χ4v) is 5.97. The van der Waals surface area contributed by atoms with Gasteiger partial charge in [0, 0.05) is 31.7 Å². The van der Waals surface area contributed by atoms with E-state index in [9.17, 15) is 14.7 Å². The number of Topliss-reactive ketones (excluding diaryl/α,β-unsaturated/α-hetero) is 1. The second-order valence-corrected chi connectivity index (χ2v) is 11.5. The van der Waals surface area contributed by atoms with E-state index in [1.54, 1.807) is 23.1 Å². The number of likely N-dealkylation sites (tertiary alicyclic amines) is 1. The van der Waals surface area contributed by atoms with Gasteiger partial charge in [0.25, 0.3) is 11.7 Å². The molecule has 0 saturated carbocycles. The number of hydrogen-bond donors (Lipinski definition) is 1. The number of aryl methyl sites for hydroxylation is 1. The number of hydrogen-bond acceptors (Lipinski definition) is 7. The van der Waals surface area contributed by atoms with Crippen molar-refractivity contribution in [1.29, 1.82) is 0 Å². The predicted octanol–water partition coefficient (Wildman–Crippen LogP) is 6.51. The van der Waals surface area contributed by atoms with Gasteiger partial charge in [-0.05, 0) is 72.5 Å². The van der Waals surface area contributed by atoms with Crippen LogP contribution in [0.2, 0.25) is 0 Å². The molecular weight excluding hydrogens is 580 g/mol. The lowest BCUT2D eigenvalue weighted by Crippen LogP contribution is -2.38. The van der Waals surface area contributed by atoms with E-state index in [2.05, 4.69) is 4.90 Å². The third kappa shape index (κ3) is 7.14. The van der Waals surface area contributed by atoms with E-state index in [1.807, 2.05) is 91.9 Å². The van der Waals surface area contributed by atoms with Crippen LogP contribution >= 0.6 is 0 Å². The third-order valence-electron chi connectivity index (χ3n) is 8.36. The topological polar surface area (TPSA) is 88.5 Å². The van der Waals surface area contributed by atoms with Crippen LogP contribution in [0.1, 0.15) is 34.7 Å². The number of carbonyl (C=O) groups is 2. The minimum Gasteiger partial charge on any atom is -0.507 e. The Labute approximate surface area is 269 Å². The van der Waals surface area contributed by atoms with Gasteiger partial charge in [-0.25, -0.2) is 0 Å². The molecule has 4 aromatic rings. The molecule has 1 atom stereocenters. The van der Waals surface area contributed by atoms with E-state index in [1.165, 1.54) is 0 Å². The Hall–Kier alpha value is -4.92. The van der Waals surface area contributed by atoms with Crippen LogP contribution in [0.15, 0.2) is 109 Å². The van der Waals surface area contributed by atoms with Crippen molar-refractivity contribution in [2.24, 2.45) is 0 Å². The summed E-state index contributed by atoms with van der Waals surface area (Å²) >= 11 is 0. The molecule has 1 N–H and O–H groups in total. The summed E-state index contributed by atoms with van der Waals surface area (Å²) in [6, 6.07) is 31.2. The lowest BCUT2D eigenvalue weighted by atomic mass is 9.94. The van der Waals surface area contributed by atoms with Gasteiger partial charge >= 0.3 is 0 Å². The molecule has 46 heavy (non-hydrogen) atoms. The summed E-state index contributed by atoms with van der Waals surface area (Å²) in [6.45, 7) is 6.49. The number of rotatable bonds is 11. The summed E-state index contributed by atoms with van der Waals surface area (Å²) < 4.78 is 17.6. The highest BCUT2D eigenvalue weighted by atomic mass is 16.5. The lowest BCUT2D eigenvalue weighted by Gasteiger charge is -2.29. The highest BCUT2D eigenvalue weighted by Crippen LogP contribution is 2.41. The molecule has 2 saturated heterocycles. The fraction of sp³-hybridized carbons (Fsp3) is 0.263. The van der Waals surface area contributed by atoms with Crippen LogP contribution in [0.4, 0.5) is 0 Å². The molecule has 8 heteroatoms. The van der Waals surface area contributed by atoms with E-state index in [4.69, 9.17) is 14.2 Å². The Morgan fingerprint density at radius 1 is 0.848 bits per heavy atom.